The van der Waals surface area contributed by atoms with Crippen molar-refractivity contribution in [3.05, 3.63) is 82.9 Å². The number of aromatic nitrogens is 4. The second-order valence-electron chi connectivity index (χ2n) is 7.08. The maximum Gasteiger partial charge on any atom is 0.259 e. The summed E-state index contributed by atoms with van der Waals surface area (Å²) in [6.45, 7) is 0.860. The lowest BCUT2D eigenvalue weighted by molar-refractivity contribution is 0.0953. The highest BCUT2D eigenvalue weighted by Gasteiger charge is 2.15. The van der Waals surface area contributed by atoms with Crippen LogP contribution in [-0.4, -0.2) is 38.6 Å². The molecule has 0 fully saturated rings. The minimum absolute atomic E-state index is 0.255. The molecule has 5 rings (SSSR count). The van der Waals surface area contributed by atoms with E-state index in [1.54, 1.807) is 28.9 Å². The molecule has 8 nitrogen and oxygen atoms in total. The number of fused-ring (bicyclic) bond motifs is 4. The van der Waals surface area contributed by atoms with E-state index in [1.807, 2.05) is 36.4 Å². The average Bonchev–Trinajstić information content (AvgIpc) is 3.23. The van der Waals surface area contributed by atoms with Gasteiger partial charge >= 0.3 is 0 Å². The first-order valence-corrected chi connectivity index (χ1v) is 9.96. The van der Waals surface area contributed by atoms with E-state index in [-0.39, 0.29) is 11.5 Å². The second-order valence-corrected chi connectivity index (χ2v) is 7.08. The minimum atomic E-state index is -0.298. The third kappa shape index (κ3) is 3.48. The number of carbonyl (C=O) groups is 1. The third-order valence-corrected chi connectivity index (χ3v) is 5.08. The molecule has 2 aromatic carbocycles. The molecule has 0 aliphatic heterocycles. The Labute approximate surface area is 176 Å². The Morgan fingerprint density at radius 1 is 1.10 bits per heavy atom. The lowest BCUT2D eigenvalue weighted by Crippen LogP contribution is -2.26. The number of nitrogens with zero attached hydrogens (tertiary/aromatic N) is 3. The molecule has 0 saturated heterocycles. The van der Waals surface area contributed by atoms with Crippen molar-refractivity contribution >= 4 is 33.4 Å². The van der Waals surface area contributed by atoms with E-state index in [0.717, 1.165) is 16.7 Å². The van der Waals surface area contributed by atoms with Crippen molar-refractivity contribution in [2.45, 2.75) is 6.42 Å². The fourth-order valence-corrected chi connectivity index (χ4v) is 3.59. The summed E-state index contributed by atoms with van der Waals surface area (Å²) in [6.07, 6.45) is 3.82. The monoisotopic (exact) mass is 413 g/mol. The number of rotatable bonds is 6. The number of ether oxygens (including phenoxy) is 1. The molecule has 0 unspecified atom stereocenters. The van der Waals surface area contributed by atoms with Gasteiger partial charge in [-0.3, -0.25) is 14.6 Å². The van der Waals surface area contributed by atoms with Crippen LogP contribution in [-0.2, 0) is 0 Å². The number of hydrogen-bond donors (Lipinski definition) is 2. The third-order valence-electron chi connectivity index (χ3n) is 5.08. The Kier molecular flexibility index (Phi) is 4.80. The summed E-state index contributed by atoms with van der Waals surface area (Å²) in [5, 5.41) is 8.67. The van der Waals surface area contributed by atoms with Gasteiger partial charge in [-0.05, 0) is 30.7 Å². The quantitative estimate of drug-likeness (QED) is 0.417. The maximum atomic E-state index is 12.6. The van der Waals surface area contributed by atoms with E-state index in [1.165, 1.54) is 6.20 Å². The van der Waals surface area contributed by atoms with Crippen molar-refractivity contribution in [2.75, 3.05) is 13.2 Å². The molecule has 0 aliphatic carbocycles. The lowest BCUT2D eigenvalue weighted by atomic mass is 10.2. The van der Waals surface area contributed by atoms with Crippen LogP contribution >= 0.6 is 0 Å². The molecule has 5 aromatic rings. The molecule has 31 heavy (non-hydrogen) atoms. The van der Waals surface area contributed by atoms with Crippen molar-refractivity contribution in [1.29, 1.82) is 0 Å². The summed E-state index contributed by atoms with van der Waals surface area (Å²) < 4.78 is 7.42. The summed E-state index contributed by atoms with van der Waals surface area (Å²) >= 11 is 0. The Morgan fingerprint density at radius 2 is 1.97 bits per heavy atom. The van der Waals surface area contributed by atoms with Crippen LogP contribution < -0.4 is 15.6 Å². The Hall–Kier alpha value is -4.20. The summed E-state index contributed by atoms with van der Waals surface area (Å²) in [5.41, 5.74) is 1.91. The number of nitrogens with one attached hydrogen (secondary N) is 2. The van der Waals surface area contributed by atoms with Crippen molar-refractivity contribution in [1.82, 2.24) is 24.9 Å². The number of hydrogen-bond acceptors (Lipinski definition) is 5. The molecule has 154 valence electrons. The maximum absolute atomic E-state index is 12.6. The number of benzene rings is 2. The zero-order valence-electron chi connectivity index (χ0n) is 16.5. The average molecular weight is 413 g/mol. The molecule has 3 aromatic heterocycles. The van der Waals surface area contributed by atoms with E-state index in [0.29, 0.717) is 41.7 Å². The van der Waals surface area contributed by atoms with Crippen molar-refractivity contribution in [3.63, 3.8) is 0 Å². The molecule has 3 heterocycles. The van der Waals surface area contributed by atoms with Crippen molar-refractivity contribution < 1.29 is 9.53 Å². The number of amides is 1. The van der Waals surface area contributed by atoms with Gasteiger partial charge in [0.25, 0.3) is 11.5 Å². The molecule has 0 bridgehead atoms. The van der Waals surface area contributed by atoms with Gasteiger partial charge in [0.2, 0.25) is 0 Å². The van der Waals surface area contributed by atoms with Crippen LogP contribution in [0.25, 0.3) is 27.5 Å². The van der Waals surface area contributed by atoms with E-state index < -0.39 is 0 Å². The predicted octanol–water partition coefficient (Wildman–Crippen LogP) is 2.92. The number of aromatic amines is 1. The van der Waals surface area contributed by atoms with Gasteiger partial charge in [-0.2, -0.15) is 5.10 Å². The predicted molar refractivity (Wildman–Crippen MR) is 118 cm³/mol. The fraction of sp³-hybridized carbons (Fsp3) is 0.130. The van der Waals surface area contributed by atoms with E-state index in [2.05, 4.69) is 20.4 Å². The van der Waals surface area contributed by atoms with E-state index >= 15 is 0 Å². The fourth-order valence-electron chi connectivity index (χ4n) is 3.59. The van der Waals surface area contributed by atoms with Crippen LogP contribution in [0.5, 0.6) is 5.75 Å². The van der Waals surface area contributed by atoms with Gasteiger partial charge in [-0.15, -0.1) is 0 Å². The molecule has 0 aliphatic rings. The summed E-state index contributed by atoms with van der Waals surface area (Å²) in [6, 6.07) is 16.8. The van der Waals surface area contributed by atoms with Crippen LogP contribution in [0, 0.1) is 0 Å². The SMILES string of the molecule is O=C(NCCCOc1cccc2cccnc12)c1cnn2c1[nH]c(=O)c1ccccc12. The lowest BCUT2D eigenvalue weighted by Gasteiger charge is -2.09. The molecule has 1 amide bonds. The first-order chi connectivity index (χ1) is 15.2. The van der Waals surface area contributed by atoms with Gasteiger partial charge < -0.3 is 15.0 Å². The molecule has 0 radical (unpaired) electrons. The van der Waals surface area contributed by atoms with E-state index in [4.69, 9.17) is 4.74 Å². The smallest absolute Gasteiger partial charge is 0.259 e. The van der Waals surface area contributed by atoms with Gasteiger partial charge in [0, 0.05) is 18.1 Å². The summed E-state index contributed by atoms with van der Waals surface area (Å²) in [5.74, 6) is 0.421. The molecule has 8 heteroatoms. The van der Waals surface area contributed by atoms with E-state index in [9.17, 15) is 9.59 Å². The largest absolute Gasteiger partial charge is 0.491 e. The van der Waals surface area contributed by atoms with Crippen LogP contribution in [0.1, 0.15) is 16.8 Å². The zero-order chi connectivity index (χ0) is 21.2. The van der Waals surface area contributed by atoms with Crippen LogP contribution in [0.15, 0.2) is 71.8 Å². The van der Waals surface area contributed by atoms with Crippen LogP contribution in [0.3, 0.4) is 0 Å². The Balaban J connectivity index is 1.24. The minimum Gasteiger partial charge on any atom is -0.491 e. The second kappa shape index (κ2) is 7.91. The molecular formula is C23H19N5O3. The number of carbonyl (C=O) groups excluding carboxylic acids is 1. The first-order valence-electron chi connectivity index (χ1n) is 9.96. The Bertz CT molecular complexity index is 1470. The van der Waals surface area contributed by atoms with Crippen LogP contribution in [0.4, 0.5) is 0 Å². The molecule has 2 N–H and O–H groups in total. The van der Waals surface area contributed by atoms with Gasteiger partial charge in [0.15, 0.2) is 0 Å². The summed E-state index contributed by atoms with van der Waals surface area (Å²) in [7, 11) is 0. The van der Waals surface area contributed by atoms with Gasteiger partial charge in [0.1, 0.15) is 22.5 Å². The molecule has 0 spiro atoms. The Morgan fingerprint density at radius 3 is 2.90 bits per heavy atom. The van der Waals surface area contributed by atoms with Crippen molar-refractivity contribution in [2.24, 2.45) is 0 Å². The highest BCUT2D eigenvalue weighted by molar-refractivity contribution is 6.00. The van der Waals surface area contributed by atoms with Gasteiger partial charge in [0.05, 0.1) is 23.7 Å². The number of H-pyrrole nitrogens is 1. The standard InChI is InChI=1S/C23H19N5O3/c29-22(17-14-26-28-18-9-2-1-8-16(18)23(30)27-21(17)28)25-12-5-13-31-19-10-3-6-15-7-4-11-24-20(15)19/h1-4,6-11,14H,5,12-13H2,(H,25,29)(H,27,30). The number of pyridine rings is 1. The normalized spacial score (nSPS) is 11.2. The molecular weight excluding hydrogens is 394 g/mol. The van der Waals surface area contributed by atoms with Gasteiger partial charge in [-0.1, -0.05) is 30.3 Å². The van der Waals surface area contributed by atoms with Crippen LogP contribution in [0.2, 0.25) is 0 Å². The molecule has 0 saturated carbocycles. The highest BCUT2D eigenvalue weighted by Crippen LogP contribution is 2.22. The van der Waals surface area contributed by atoms with Crippen molar-refractivity contribution in [3.8, 4) is 5.75 Å². The zero-order valence-corrected chi connectivity index (χ0v) is 16.5. The summed E-state index contributed by atoms with van der Waals surface area (Å²) in [4.78, 5) is 32.1. The number of para-hydroxylation sites is 2. The molecule has 0 atom stereocenters. The highest BCUT2D eigenvalue weighted by atomic mass is 16.5. The first kappa shape index (κ1) is 18.8. The van der Waals surface area contributed by atoms with Gasteiger partial charge in [-0.25, -0.2) is 4.52 Å². The topological polar surface area (TPSA) is 101 Å².